The molecule has 2 rings (SSSR count). The quantitative estimate of drug-likeness (QED) is 0.792. The van der Waals surface area contributed by atoms with E-state index in [9.17, 15) is 5.11 Å². The van der Waals surface area contributed by atoms with Gasteiger partial charge >= 0.3 is 0 Å². The van der Waals surface area contributed by atoms with Crippen molar-refractivity contribution in [3.05, 3.63) is 11.2 Å². The van der Waals surface area contributed by atoms with E-state index in [1.807, 2.05) is 6.92 Å². The van der Waals surface area contributed by atoms with Crippen molar-refractivity contribution < 1.29 is 9.84 Å². The van der Waals surface area contributed by atoms with Crippen LogP contribution in [-0.4, -0.2) is 54.0 Å². The molecule has 0 radical (unpaired) electrons. The van der Waals surface area contributed by atoms with Crippen molar-refractivity contribution in [1.82, 2.24) is 9.97 Å². The number of aliphatic hydroxyl groups is 1. The average Bonchev–Trinajstić information content (AvgIpc) is 2.38. The Morgan fingerprint density at radius 3 is 3.06 bits per heavy atom. The molecule has 0 aliphatic carbocycles. The second kappa shape index (κ2) is 5.69. The van der Waals surface area contributed by atoms with E-state index in [1.54, 1.807) is 13.1 Å². The number of halogens is 1. The van der Waals surface area contributed by atoms with Crippen molar-refractivity contribution in [3.8, 4) is 0 Å². The SMILES string of the molecule is CNc1nc(Cl)cc(N2CC(CO)OCC2C)n1. The van der Waals surface area contributed by atoms with Crippen LogP contribution in [0.25, 0.3) is 0 Å². The maximum Gasteiger partial charge on any atom is 0.225 e. The first kappa shape index (κ1) is 13.3. The lowest BCUT2D eigenvalue weighted by atomic mass is 10.2. The molecule has 2 atom stereocenters. The zero-order valence-electron chi connectivity index (χ0n) is 10.4. The molecular weight excluding hydrogens is 256 g/mol. The molecule has 1 fully saturated rings. The Kier molecular flexibility index (Phi) is 4.21. The van der Waals surface area contributed by atoms with Crippen LogP contribution in [0.5, 0.6) is 0 Å². The van der Waals surface area contributed by atoms with Gasteiger partial charge in [0.1, 0.15) is 11.0 Å². The monoisotopic (exact) mass is 272 g/mol. The van der Waals surface area contributed by atoms with Crippen LogP contribution in [0.15, 0.2) is 6.07 Å². The topological polar surface area (TPSA) is 70.5 Å². The molecule has 6 nitrogen and oxygen atoms in total. The van der Waals surface area contributed by atoms with Crippen LogP contribution < -0.4 is 10.2 Å². The minimum atomic E-state index is -0.187. The van der Waals surface area contributed by atoms with E-state index in [1.165, 1.54) is 0 Å². The Labute approximate surface area is 111 Å². The van der Waals surface area contributed by atoms with Crippen LogP contribution in [-0.2, 0) is 4.74 Å². The second-order valence-electron chi connectivity index (χ2n) is 4.26. The molecule has 0 amide bonds. The molecule has 1 aliphatic heterocycles. The predicted octanol–water partition coefficient (Wildman–Crippen LogP) is 0.758. The molecule has 0 saturated carbocycles. The lowest BCUT2D eigenvalue weighted by Crippen LogP contribution is -2.50. The van der Waals surface area contributed by atoms with Gasteiger partial charge in [-0.1, -0.05) is 11.6 Å². The first-order chi connectivity index (χ1) is 8.63. The Morgan fingerprint density at radius 1 is 1.61 bits per heavy atom. The number of rotatable bonds is 3. The fourth-order valence-corrected chi connectivity index (χ4v) is 2.09. The van der Waals surface area contributed by atoms with Crippen molar-refractivity contribution in [2.24, 2.45) is 0 Å². The molecule has 0 bridgehead atoms. The molecule has 0 spiro atoms. The highest BCUT2D eigenvalue weighted by atomic mass is 35.5. The van der Waals surface area contributed by atoms with E-state index in [2.05, 4.69) is 20.2 Å². The lowest BCUT2D eigenvalue weighted by molar-refractivity contribution is -0.0105. The van der Waals surface area contributed by atoms with E-state index in [0.29, 0.717) is 24.3 Å². The highest BCUT2D eigenvalue weighted by molar-refractivity contribution is 6.29. The normalized spacial score (nSPS) is 24.1. The number of anilines is 2. The van der Waals surface area contributed by atoms with Crippen molar-refractivity contribution in [2.75, 3.05) is 37.0 Å². The first-order valence-corrected chi connectivity index (χ1v) is 6.23. The standard InChI is InChI=1S/C11H17ClN4O2/c1-7-6-18-8(5-17)4-16(7)10-3-9(12)14-11(13-2)15-10/h3,7-8,17H,4-6H2,1-2H3,(H,13,14,15). The molecule has 1 aromatic heterocycles. The van der Waals surface area contributed by atoms with E-state index >= 15 is 0 Å². The van der Waals surface area contributed by atoms with Gasteiger partial charge in [0.15, 0.2) is 0 Å². The second-order valence-corrected chi connectivity index (χ2v) is 4.65. The van der Waals surface area contributed by atoms with Crippen molar-refractivity contribution in [1.29, 1.82) is 0 Å². The number of nitrogens with one attached hydrogen (secondary N) is 1. The van der Waals surface area contributed by atoms with Gasteiger partial charge in [-0.3, -0.25) is 0 Å². The molecule has 1 saturated heterocycles. The summed E-state index contributed by atoms with van der Waals surface area (Å²) in [5.41, 5.74) is 0. The van der Waals surface area contributed by atoms with E-state index in [4.69, 9.17) is 16.3 Å². The van der Waals surface area contributed by atoms with Crippen molar-refractivity contribution >= 4 is 23.4 Å². The van der Waals surface area contributed by atoms with Crippen LogP contribution in [0.1, 0.15) is 6.92 Å². The summed E-state index contributed by atoms with van der Waals surface area (Å²) in [7, 11) is 1.74. The molecule has 2 heterocycles. The molecular formula is C11H17ClN4O2. The van der Waals surface area contributed by atoms with Crippen LogP contribution in [0, 0.1) is 0 Å². The minimum absolute atomic E-state index is 0.000913. The molecule has 100 valence electrons. The van der Waals surface area contributed by atoms with Gasteiger partial charge in [-0.25, -0.2) is 4.98 Å². The Bertz CT molecular complexity index is 418. The summed E-state index contributed by atoms with van der Waals surface area (Å²) in [6, 6.07) is 1.90. The number of nitrogens with zero attached hydrogens (tertiary/aromatic N) is 3. The number of ether oxygens (including phenoxy) is 1. The summed E-state index contributed by atoms with van der Waals surface area (Å²) in [6.07, 6.45) is -0.187. The zero-order valence-corrected chi connectivity index (χ0v) is 11.2. The van der Waals surface area contributed by atoms with Gasteiger partial charge in [-0.05, 0) is 6.92 Å². The summed E-state index contributed by atoms with van der Waals surface area (Å²) >= 11 is 5.97. The highest BCUT2D eigenvalue weighted by Crippen LogP contribution is 2.23. The Morgan fingerprint density at radius 2 is 2.39 bits per heavy atom. The summed E-state index contributed by atoms with van der Waals surface area (Å²) in [6.45, 7) is 3.19. The minimum Gasteiger partial charge on any atom is -0.394 e. The van der Waals surface area contributed by atoms with Gasteiger partial charge in [0.2, 0.25) is 5.95 Å². The summed E-state index contributed by atoms with van der Waals surface area (Å²) in [5, 5.41) is 12.4. The fraction of sp³-hybridized carbons (Fsp3) is 0.636. The summed E-state index contributed by atoms with van der Waals surface area (Å²) in [5.74, 6) is 1.23. The van der Waals surface area contributed by atoms with Crippen LogP contribution in [0.3, 0.4) is 0 Å². The number of hydrogen-bond acceptors (Lipinski definition) is 6. The zero-order chi connectivity index (χ0) is 13.1. The average molecular weight is 273 g/mol. The molecule has 7 heteroatoms. The van der Waals surface area contributed by atoms with Crippen molar-refractivity contribution in [3.63, 3.8) is 0 Å². The molecule has 1 aromatic rings. The van der Waals surface area contributed by atoms with E-state index in [0.717, 1.165) is 5.82 Å². The number of aliphatic hydroxyl groups excluding tert-OH is 1. The van der Waals surface area contributed by atoms with Crippen LogP contribution >= 0.6 is 11.6 Å². The molecule has 2 N–H and O–H groups in total. The van der Waals surface area contributed by atoms with Gasteiger partial charge in [-0.2, -0.15) is 4.98 Å². The highest BCUT2D eigenvalue weighted by Gasteiger charge is 2.27. The molecule has 2 unspecified atom stereocenters. The fourth-order valence-electron chi connectivity index (χ4n) is 1.91. The first-order valence-electron chi connectivity index (χ1n) is 5.85. The number of morpholine rings is 1. The number of aromatic nitrogens is 2. The molecule has 1 aliphatic rings. The van der Waals surface area contributed by atoms with E-state index in [-0.39, 0.29) is 18.8 Å². The van der Waals surface area contributed by atoms with Crippen LogP contribution in [0.4, 0.5) is 11.8 Å². The third-order valence-electron chi connectivity index (χ3n) is 2.91. The van der Waals surface area contributed by atoms with Gasteiger partial charge in [0.05, 0.1) is 25.4 Å². The molecule has 0 aromatic carbocycles. The van der Waals surface area contributed by atoms with E-state index < -0.39 is 0 Å². The third kappa shape index (κ3) is 2.82. The van der Waals surface area contributed by atoms with Crippen LogP contribution in [0.2, 0.25) is 5.15 Å². The summed E-state index contributed by atoms with van der Waals surface area (Å²) in [4.78, 5) is 10.5. The van der Waals surface area contributed by atoms with Gasteiger partial charge < -0.3 is 20.1 Å². The van der Waals surface area contributed by atoms with Gasteiger partial charge in [-0.15, -0.1) is 0 Å². The maximum absolute atomic E-state index is 9.17. The smallest absolute Gasteiger partial charge is 0.225 e. The Hall–Kier alpha value is -1.11. The largest absolute Gasteiger partial charge is 0.394 e. The third-order valence-corrected chi connectivity index (χ3v) is 3.10. The van der Waals surface area contributed by atoms with Crippen molar-refractivity contribution in [2.45, 2.75) is 19.1 Å². The summed E-state index contributed by atoms with van der Waals surface area (Å²) < 4.78 is 5.49. The maximum atomic E-state index is 9.17. The Balaban J connectivity index is 2.25. The lowest BCUT2D eigenvalue weighted by Gasteiger charge is -2.38. The van der Waals surface area contributed by atoms with Gasteiger partial charge in [0.25, 0.3) is 0 Å². The number of hydrogen-bond donors (Lipinski definition) is 2. The molecule has 18 heavy (non-hydrogen) atoms. The van der Waals surface area contributed by atoms with Gasteiger partial charge in [0, 0.05) is 19.7 Å². The predicted molar refractivity (Wildman–Crippen MR) is 70.2 cm³/mol.